The number of anilines is 1. The summed E-state index contributed by atoms with van der Waals surface area (Å²) in [6, 6.07) is 11.3. The summed E-state index contributed by atoms with van der Waals surface area (Å²) in [5.74, 6) is -1.23. The first-order chi connectivity index (χ1) is 10.4. The van der Waals surface area contributed by atoms with E-state index in [1.807, 2.05) is 26.0 Å². The zero-order chi connectivity index (χ0) is 16.3. The normalized spacial score (nSPS) is 11.2. The number of halogens is 1. The molecule has 122 valence electrons. The maximum absolute atomic E-state index is 11.4. The second-order valence-corrected chi connectivity index (χ2v) is 5.23. The van der Waals surface area contributed by atoms with Gasteiger partial charge in [0.1, 0.15) is 5.84 Å². The lowest BCUT2D eigenvalue weighted by Gasteiger charge is -2.22. The first-order valence-electron chi connectivity index (χ1n) is 6.87. The number of nitrogens with one attached hydrogen (secondary N) is 2. The molecule has 0 saturated heterocycles. The van der Waals surface area contributed by atoms with Crippen molar-refractivity contribution < 1.29 is 9.90 Å². The molecule has 0 aliphatic carbocycles. The van der Waals surface area contributed by atoms with Gasteiger partial charge in [-0.3, -0.25) is 5.41 Å². The number of carboxylic acid groups (broad SMARTS) is 1. The van der Waals surface area contributed by atoms with Crippen LogP contribution in [0.2, 0.25) is 0 Å². The number of aliphatic carboxylic acids is 1. The molecule has 1 unspecified atom stereocenters. The molecular formula is C17H19ClN3O2-. The molecule has 0 radical (unpaired) electrons. The molecule has 0 aliphatic heterocycles. The van der Waals surface area contributed by atoms with Gasteiger partial charge in [-0.05, 0) is 54.8 Å². The summed E-state index contributed by atoms with van der Waals surface area (Å²) in [6.45, 7) is 3.91. The van der Waals surface area contributed by atoms with Crippen LogP contribution < -0.4 is 16.2 Å². The summed E-state index contributed by atoms with van der Waals surface area (Å²) in [7, 11) is 0. The van der Waals surface area contributed by atoms with E-state index in [-0.39, 0.29) is 18.2 Å². The van der Waals surface area contributed by atoms with Crippen LogP contribution in [-0.2, 0) is 4.79 Å². The third kappa shape index (κ3) is 4.47. The number of benzene rings is 2. The van der Waals surface area contributed by atoms with Crippen molar-refractivity contribution in [3.63, 3.8) is 0 Å². The molecule has 5 nitrogen and oxygen atoms in total. The van der Waals surface area contributed by atoms with Gasteiger partial charge >= 0.3 is 0 Å². The van der Waals surface area contributed by atoms with E-state index in [4.69, 9.17) is 11.1 Å². The highest BCUT2D eigenvalue weighted by Gasteiger charge is 2.13. The van der Waals surface area contributed by atoms with E-state index in [2.05, 4.69) is 5.32 Å². The molecule has 0 saturated carbocycles. The predicted octanol–water partition coefficient (Wildman–Crippen LogP) is 1.91. The van der Waals surface area contributed by atoms with Crippen LogP contribution in [0.1, 0.15) is 28.3 Å². The third-order valence-electron chi connectivity index (χ3n) is 3.61. The minimum atomic E-state index is -1.20. The Morgan fingerprint density at radius 3 is 2.22 bits per heavy atom. The van der Waals surface area contributed by atoms with Gasteiger partial charge in [0, 0.05) is 11.3 Å². The minimum absolute atomic E-state index is 0. The summed E-state index contributed by atoms with van der Waals surface area (Å²) in [5, 5.41) is 21.7. The van der Waals surface area contributed by atoms with Gasteiger partial charge in [0.25, 0.3) is 0 Å². The smallest absolute Gasteiger partial charge is 0.122 e. The second kappa shape index (κ2) is 7.65. The first-order valence-corrected chi connectivity index (χ1v) is 6.87. The summed E-state index contributed by atoms with van der Waals surface area (Å²) >= 11 is 0. The van der Waals surface area contributed by atoms with Crippen LogP contribution in [0.15, 0.2) is 42.5 Å². The lowest BCUT2D eigenvalue weighted by atomic mass is 10.0. The van der Waals surface area contributed by atoms with Crippen LogP contribution in [0.3, 0.4) is 0 Å². The molecule has 23 heavy (non-hydrogen) atoms. The van der Waals surface area contributed by atoms with Crippen molar-refractivity contribution in [3.8, 4) is 0 Å². The van der Waals surface area contributed by atoms with Crippen LogP contribution in [-0.4, -0.2) is 11.8 Å². The predicted molar refractivity (Wildman–Crippen MR) is 92.0 cm³/mol. The van der Waals surface area contributed by atoms with Gasteiger partial charge in [-0.25, -0.2) is 0 Å². The zero-order valence-electron chi connectivity index (χ0n) is 12.9. The van der Waals surface area contributed by atoms with Crippen molar-refractivity contribution in [2.45, 2.75) is 19.9 Å². The summed E-state index contributed by atoms with van der Waals surface area (Å²) in [4.78, 5) is 11.4. The molecule has 0 amide bonds. The van der Waals surface area contributed by atoms with Gasteiger partial charge < -0.3 is 21.0 Å². The lowest BCUT2D eigenvalue weighted by molar-refractivity contribution is -0.307. The highest BCUT2D eigenvalue weighted by molar-refractivity contribution is 5.95. The maximum Gasteiger partial charge on any atom is 0.122 e. The van der Waals surface area contributed by atoms with Crippen molar-refractivity contribution in [3.05, 3.63) is 64.7 Å². The second-order valence-electron chi connectivity index (χ2n) is 5.23. The summed E-state index contributed by atoms with van der Waals surface area (Å²) in [5.41, 5.74) is 9.37. The van der Waals surface area contributed by atoms with Gasteiger partial charge in [-0.2, -0.15) is 0 Å². The fourth-order valence-electron chi connectivity index (χ4n) is 2.14. The van der Waals surface area contributed by atoms with E-state index in [1.165, 1.54) is 0 Å². The van der Waals surface area contributed by atoms with Gasteiger partial charge in [-0.15, -0.1) is 12.4 Å². The first kappa shape index (κ1) is 18.5. The van der Waals surface area contributed by atoms with Crippen molar-refractivity contribution in [1.29, 1.82) is 5.41 Å². The van der Waals surface area contributed by atoms with Gasteiger partial charge in [-0.1, -0.05) is 18.2 Å². The summed E-state index contributed by atoms with van der Waals surface area (Å²) < 4.78 is 0. The average molecular weight is 333 g/mol. The van der Waals surface area contributed by atoms with Gasteiger partial charge in [0.05, 0.1) is 12.0 Å². The Morgan fingerprint density at radius 2 is 1.74 bits per heavy atom. The van der Waals surface area contributed by atoms with Crippen molar-refractivity contribution >= 4 is 29.9 Å². The van der Waals surface area contributed by atoms with Crippen molar-refractivity contribution in [2.24, 2.45) is 5.73 Å². The Balaban J connectivity index is 0.00000264. The third-order valence-corrected chi connectivity index (χ3v) is 3.61. The van der Waals surface area contributed by atoms with E-state index in [0.717, 1.165) is 11.1 Å². The number of rotatable bonds is 5. The average Bonchev–Trinajstić information content (AvgIpc) is 2.48. The molecule has 0 bridgehead atoms. The van der Waals surface area contributed by atoms with Crippen LogP contribution >= 0.6 is 12.4 Å². The number of aryl methyl sites for hydroxylation is 2. The van der Waals surface area contributed by atoms with E-state index >= 15 is 0 Å². The molecule has 2 rings (SSSR count). The minimum Gasteiger partial charge on any atom is -0.548 e. The molecular weight excluding hydrogens is 314 g/mol. The number of nitrogen functional groups attached to an aromatic ring is 1. The Kier molecular flexibility index (Phi) is 6.16. The molecule has 0 aromatic heterocycles. The number of carbonyl (C=O) groups is 1. The Bertz CT molecular complexity index is 714. The lowest BCUT2D eigenvalue weighted by Crippen LogP contribution is -2.34. The van der Waals surface area contributed by atoms with Crippen LogP contribution in [0.5, 0.6) is 0 Å². The number of hydrogen-bond donors (Lipinski definition) is 3. The molecule has 6 heteroatoms. The van der Waals surface area contributed by atoms with E-state index in [1.54, 1.807) is 30.3 Å². The zero-order valence-corrected chi connectivity index (χ0v) is 13.7. The highest BCUT2D eigenvalue weighted by Crippen LogP contribution is 2.22. The van der Waals surface area contributed by atoms with Crippen molar-refractivity contribution in [1.82, 2.24) is 0 Å². The molecule has 2 aromatic rings. The molecule has 2 aromatic carbocycles. The standard InChI is InChI=1S/C17H19N3O2.ClH/c1-10-3-4-13(9-11(10)2)15(17(21)22)20-14-7-5-12(6-8-14)16(18)19;/h3-9,15,20H,1-2H3,(H3,18,19)(H,21,22);1H/p-1. The Labute approximate surface area is 141 Å². The molecule has 0 aliphatic rings. The molecule has 0 heterocycles. The fourth-order valence-corrected chi connectivity index (χ4v) is 2.14. The van der Waals surface area contributed by atoms with E-state index in [9.17, 15) is 9.90 Å². The van der Waals surface area contributed by atoms with Gasteiger partial charge in [0.15, 0.2) is 0 Å². The number of hydrogen-bond acceptors (Lipinski definition) is 4. The fraction of sp³-hybridized carbons (Fsp3) is 0.176. The van der Waals surface area contributed by atoms with Gasteiger partial charge in [0.2, 0.25) is 0 Å². The highest BCUT2D eigenvalue weighted by atomic mass is 35.5. The largest absolute Gasteiger partial charge is 0.548 e. The molecule has 4 N–H and O–H groups in total. The quantitative estimate of drug-likeness (QED) is 0.575. The van der Waals surface area contributed by atoms with Crippen LogP contribution in [0, 0.1) is 19.3 Å². The SMILES string of the molecule is Cc1ccc(C(Nc2ccc(C(=N)N)cc2)C(=O)[O-])cc1C.Cl. The van der Waals surface area contributed by atoms with E-state index in [0.29, 0.717) is 16.8 Å². The number of nitrogens with two attached hydrogens (primary N) is 1. The molecule has 0 fully saturated rings. The topological polar surface area (TPSA) is 102 Å². The maximum atomic E-state index is 11.4. The number of amidine groups is 1. The molecule has 1 atom stereocenters. The van der Waals surface area contributed by atoms with Crippen molar-refractivity contribution in [2.75, 3.05) is 5.32 Å². The summed E-state index contributed by atoms with van der Waals surface area (Å²) in [6.07, 6.45) is 0. The monoisotopic (exact) mass is 332 g/mol. The number of carboxylic acids is 1. The Hall–Kier alpha value is -2.53. The van der Waals surface area contributed by atoms with Crippen LogP contribution in [0.4, 0.5) is 5.69 Å². The Morgan fingerprint density at radius 1 is 1.13 bits per heavy atom. The van der Waals surface area contributed by atoms with E-state index < -0.39 is 12.0 Å². The molecule has 0 spiro atoms. The number of carbonyl (C=O) groups excluding carboxylic acids is 1. The van der Waals surface area contributed by atoms with Crippen LogP contribution in [0.25, 0.3) is 0 Å².